The molecule has 1 rings (SSSR count). The van der Waals surface area contributed by atoms with Gasteiger partial charge in [-0.1, -0.05) is 24.3 Å². The molecule has 0 heterocycles. The largest absolute Gasteiger partial charge is 0.481 e. The van der Waals surface area contributed by atoms with Crippen LogP contribution in [0.25, 0.3) is 0 Å². The van der Waals surface area contributed by atoms with E-state index in [1.807, 2.05) is 24.3 Å². The molecule has 88 valence electrons. The van der Waals surface area contributed by atoms with E-state index in [-0.39, 0.29) is 13.0 Å². The van der Waals surface area contributed by atoms with Crippen molar-refractivity contribution in [3.63, 3.8) is 0 Å². The molecular weight excluding hydrogens is 206 g/mol. The monoisotopic (exact) mass is 223 g/mol. The molecule has 0 aliphatic rings. The number of aryl methyl sites for hydroxylation is 1. The Labute approximate surface area is 94.7 Å². The molecule has 0 bridgehead atoms. The lowest BCUT2D eigenvalue weighted by Crippen LogP contribution is -2.14. The second kappa shape index (κ2) is 6.25. The maximum absolute atomic E-state index is 10.5. The van der Waals surface area contributed by atoms with Gasteiger partial charge in [-0.2, -0.15) is 0 Å². The normalized spacial score (nSPS) is 12.4. The van der Waals surface area contributed by atoms with Gasteiger partial charge in [-0.15, -0.1) is 0 Å². The van der Waals surface area contributed by atoms with Crippen molar-refractivity contribution >= 4 is 5.97 Å². The van der Waals surface area contributed by atoms with E-state index in [1.165, 1.54) is 0 Å². The fourth-order valence-electron chi connectivity index (χ4n) is 1.52. The van der Waals surface area contributed by atoms with Crippen LogP contribution in [0.1, 0.15) is 30.0 Å². The van der Waals surface area contributed by atoms with E-state index < -0.39 is 12.0 Å². The Balaban J connectivity index is 2.59. The Hall–Kier alpha value is -1.39. The van der Waals surface area contributed by atoms with Gasteiger partial charge in [0.25, 0.3) is 0 Å². The van der Waals surface area contributed by atoms with Crippen LogP contribution in [-0.2, 0) is 11.2 Å². The van der Waals surface area contributed by atoms with Crippen molar-refractivity contribution < 1.29 is 15.0 Å². The third-order valence-electron chi connectivity index (χ3n) is 2.43. The molecule has 1 aromatic rings. The average molecular weight is 223 g/mol. The van der Waals surface area contributed by atoms with E-state index in [1.54, 1.807) is 0 Å². The predicted octanol–water partition coefficient (Wildman–Crippen LogP) is 1.09. The van der Waals surface area contributed by atoms with Crippen molar-refractivity contribution in [3.8, 4) is 0 Å². The molecule has 0 spiro atoms. The number of carboxylic acid groups (broad SMARTS) is 1. The van der Waals surface area contributed by atoms with E-state index in [9.17, 15) is 4.79 Å². The minimum atomic E-state index is -0.892. The van der Waals surface area contributed by atoms with Gasteiger partial charge in [-0.25, -0.2) is 0 Å². The second-order valence-corrected chi connectivity index (χ2v) is 3.77. The highest BCUT2D eigenvalue weighted by Crippen LogP contribution is 2.15. The number of aliphatic hydroxyl groups is 1. The van der Waals surface area contributed by atoms with E-state index >= 15 is 0 Å². The van der Waals surface area contributed by atoms with Crippen molar-refractivity contribution in [1.82, 2.24) is 0 Å². The molecule has 1 atom stereocenters. The van der Waals surface area contributed by atoms with Crippen molar-refractivity contribution in [3.05, 3.63) is 35.4 Å². The summed E-state index contributed by atoms with van der Waals surface area (Å²) < 4.78 is 0. The van der Waals surface area contributed by atoms with Crippen molar-refractivity contribution in [2.24, 2.45) is 5.73 Å². The van der Waals surface area contributed by atoms with Gasteiger partial charge in [0.2, 0.25) is 0 Å². The lowest BCUT2D eigenvalue weighted by Gasteiger charge is -2.09. The molecule has 0 aromatic heterocycles. The van der Waals surface area contributed by atoms with E-state index in [0.717, 1.165) is 24.0 Å². The molecule has 0 aliphatic carbocycles. The van der Waals surface area contributed by atoms with Gasteiger partial charge in [0.15, 0.2) is 0 Å². The molecule has 0 amide bonds. The number of rotatable bonds is 6. The first-order valence-electron chi connectivity index (χ1n) is 5.30. The second-order valence-electron chi connectivity index (χ2n) is 3.77. The summed E-state index contributed by atoms with van der Waals surface area (Å²) in [4.78, 5) is 10.5. The molecule has 1 aromatic carbocycles. The summed E-state index contributed by atoms with van der Waals surface area (Å²) in [6.07, 6.45) is 1.50. The van der Waals surface area contributed by atoms with Crippen LogP contribution in [0.5, 0.6) is 0 Å². The molecule has 0 saturated carbocycles. The number of aliphatic carboxylic acids is 1. The zero-order valence-corrected chi connectivity index (χ0v) is 9.10. The summed E-state index contributed by atoms with van der Waals surface area (Å²) in [6.45, 7) is 0.181. The molecular formula is C12H17NO3. The molecule has 0 fully saturated rings. The van der Waals surface area contributed by atoms with E-state index in [0.29, 0.717) is 0 Å². The van der Waals surface area contributed by atoms with Crippen LogP contribution in [0.4, 0.5) is 0 Å². The first kappa shape index (κ1) is 12.7. The summed E-state index contributed by atoms with van der Waals surface area (Å²) >= 11 is 0. The minimum Gasteiger partial charge on any atom is -0.481 e. The summed E-state index contributed by atoms with van der Waals surface area (Å²) in [5, 5.41) is 17.3. The Bertz CT molecular complexity index is 335. The number of nitrogens with two attached hydrogens (primary N) is 1. The summed E-state index contributed by atoms with van der Waals surface area (Å²) in [5.41, 5.74) is 7.68. The standard InChI is InChI=1S/C12H17NO3/c13-11(8-12(15)16)10-5-3-9(4-6-10)2-1-7-14/h3-6,11,14H,1-2,7-8,13H2,(H,15,16). The number of hydrogen-bond donors (Lipinski definition) is 3. The van der Waals surface area contributed by atoms with Gasteiger partial charge in [-0.3, -0.25) is 4.79 Å². The molecule has 4 heteroatoms. The smallest absolute Gasteiger partial charge is 0.305 e. The average Bonchev–Trinajstić information content (AvgIpc) is 2.26. The van der Waals surface area contributed by atoms with E-state index in [4.69, 9.17) is 15.9 Å². The van der Waals surface area contributed by atoms with Gasteiger partial charge >= 0.3 is 5.97 Å². The lowest BCUT2D eigenvalue weighted by atomic mass is 10.0. The number of carboxylic acids is 1. The van der Waals surface area contributed by atoms with Crippen molar-refractivity contribution in [1.29, 1.82) is 0 Å². The Morgan fingerprint density at radius 1 is 1.31 bits per heavy atom. The summed E-state index contributed by atoms with van der Waals surface area (Å²) in [5.74, 6) is -0.892. The Kier molecular flexibility index (Phi) is 4.95. The van der Waals surface area contributed by atoms with Crippen LogP contribution in [0.3, 0.4) is 0 Å². The first-order valence-corrected chi connectivity index (χ1v) is 5.30. The molecule has 4 nitrogen and oxygen atoms in total. The number of aliphatic hydroxyl groups excluding tert-OH is 1. The van der Waals surface area contributed by atoms with Crippen molar-refractivity contribution in [2.75, 3.05) is 6.61 Å². The maximum atomic E-state index is 10.5. The van der Waals surface area contributed by atoms with Crippen LogP contribution in [-0.4, -0.2) is 22.8 Å². The van der Waals surface area contributed by atoms with Crippen LogP contribution < -0.4 is 5.73 Å². The van der Waals surface area contributed by atoms with Gasteiger partial charge in [0.1, 0.15) is 0 Å². The summed E-state index contributed by atoms with van der Waals surface area (Å²) in [7, 11) is 0. The SMILES string of the molecule is NC(CC(=O)O)c1ccc(CCCO)cc1. The highest BCUT2D eigenvalue weighted by molar-refractivity contribution is 5.67. The van der Waals surface area contributed by atoms with Crippen molar-refractivity contribution in [2.45, 2.75) is 25.3 Å². The van der Waals surface area contributed by atoms with Crippen LogP contribution >= 0.6 is 0 Å². The first-order chi connectivity index (χ1) is 7.63. The minimum absolute atomic E-state index is 0.0595. The zero-order chi connectivity index (χ0) is 12.0. The molecule has 0 saturated heterocycles. The molecule has 1 unspecified atom stereocenters. The third kappa shape index (κ3) is 4.00. The maximum Gasteiger partial charge on any atom is 0.305 e. The summed E-state index contributed by atoms with van der Waals surface area (Å²) in [6, 6.07) is 7.09. The number of hydrogen-bond acceptors (Lipinski definition) is 3. The highest BCUT2D eigenvalue weighted by Gasteiger charge is 2.09. The number of carbonyl (C=O) groups is 1. The van der Waals surface area contributed by atoms with Gasteiger partial charge in [0, 0.05) is 12.6 Å². The van der Waals surface area contributed by atoms with Crippen LogP contribution in [0, 0.1) is 0 Å². The Morgan fingerprint density at radius 2 is 1.94 bits per heavy atom. The highest BCUT2D eigenvalue weighted by atomic mass is 16.4. The molecule has 0 radical (unpaired) electrons. The van der Waals surface area contributed by atoms with Gasteiger partial charge in [-0.05, 0) is 24.0 Å². The predicted molar refractivity (Wildman–Crippen MR) is 61.0 cm³/mol. The van der Waals surface area contributed by atoms with Gasteiger partial charge < -0.3 is 15.9 Å². The molecule has 16 heavy (non-hydrogen) atoms. The number of benzene rings is 1. The fraction of sp³-hybridized carbons (Fsp3) is 0.417. The molecule has 0 aliphatic heterocycles. The quantitative estimate of drug-likeness (QED) is 0.674. The van der Waals surface area contributed by atoms with Crippen LogP contribution in [0.2, 0.25) is 0 Å². The zero-order valence-electron chi connectivity index (χ0n) is 9.10. The third-order valence-corrected chi connectivity index (χ3v) is 2.43. The lowest BCUT2D eigenvalue weighted by molar-refractivity contribution is -0.137. The van der Waals surface area contributed by atoms with Gasteiger partial charge in [0.05, 0.1) is 6.42 Å². The van der Waals surface area contributed by atoms with E-state index in [2.05, 4.69) is 0 Å². The van der Waals surface area contributed by atoms with Crippen LogP contribution in [0.15, 0.2) is 24.3 Å². The Morgan fingerprint density at radius 3 is 2.44 bits per heavy atom. The molecule has 4 N–H and O–H groups in total. The fourth-order valence-corrected chi connectivity index (χ4v) is 1.52. The topological polar surface area (TPSA) is 83.6 Å².